The van der Waals surface area contributed by atoms with Crippen LogP contribution in [0.5, 0.6) is 0 Å². The smallest absolute Gasteiger partial charge is 0.304 e. The number of anilines is 2. The summed E-state index contributed by atoms with van der Waals surface area (Å²) in [5.41, 5.74) is 0.412. The number of benzene rings is 2. The lowest BCUT2D eigenvalue weighted by Gasteiger charge is -2.39. The third kappa shape index (κ3) is 5.23. The second-order valence-corrected chi connectivity index (χ2v) is 15.8. The predicted molar refractivity (Wildman–Crippen MR) is 155 cm³/mol. The fourth-order valence-corrected chi connectivity index (χ4v) is 9.29. The van der Waals surface area contributed by atoms with Gasteiger partial charge in [-0.05, 0) is 36.9 Å². The molecule has 3 aliphatic heterocycles. The van der Waals surface area contributed by atoms with E-state index in [0.717, 1.165) is 5.56 Å². The predicted octanol–water partition coefficient (Wildman–Crippen LogP) is 2.47. The summed E-state index contributed by atoms with van der Waals surface area (Å²) < 4.78 is 11.9. The Labute approximate surface area is 245 Å². The number of carbonyl (C=O) groups excluding carboxylic acids is 4. The first-order chi connectivity index (χ1) is 19.9. The fourth-order valence-electron chi connectivity index (χ4n) is 6.74. The Morgan fingerprint density at radius 2 is 1.90 bits per heavy atom. The molecule has 11 nitrogen and oxygen atoms in total. The lowest BCUT2D eigenvalue weighted by Crippen LogP contribution is -2.55. The highest BCUT2D eigenvalue weighted by atomic mass is 28.4. The van der Waals surface area contributed by atoms with E-state index in [1.165, 1.54) is 11.8 Å². The van der Waals surface area contributed by atoms with E-state index in [9.17, 15) is 29.1 Å². The molecule has 0 aromatic heterocycles. The zero-order valence-electron chi connectivity index (χ0n) is 24.2. The molecule has 0 saturated carbocycles. The number of nitrogens with one attached hydrogen (secondary N) is 1. The van der Waals surface area contributed by atoms with Gasteiger partial charge in [-0.2, -0.15) is 0 Å². The molecule has 2 fully saturated rings. The van der Waals surface area contributed by atoms with Crippen molar-refractivity contribution in [3.05, 3.63) is 59.7 Å². The molecule has 0 radical (unpaired) electrons. The number of amides is 3. The summed E-state index contributed by atoms with van der Waals surface area (Å²) in [5, 5.41) is 12.6. The maximum atomic E-state index is 13.7. The van der Waals surface area contributed by atoms with E-state index < -0.39 is 49.6 Å². The van der Waals surface area contributed by atoms with Gasteiger partial charge in [-0.25, -0.2) is 0 Å². The zero-order valence-corrected chi connectivity index (χ0v) is 25.2. The summed E-state index contributed by atoms with van der Waals surface area (Å²) in [5.74, 6) is -1.89. The molecule has 2 aromatic carbocycles. The number of aliphatic hydroxyl groups is 1. The Morgan fingerprint density at radius 1 is 1.19 bits per heavy atom. The number of fused-ring (bicyclic) bond motifs is 2. The lowest BCUT2D eigenvalue weighted by atomic mass is 9.82. The number of esters is 1. The summed E-state index contributed by atoms with van der Waals surface area (Å²) in [6.07, 6.45) is -1.52. The van der Waals surface area contributed by atoms with Crippen LogP contribution in [-0.4, -0.2) is 72.3 Å². The highest BCUT2D eigenvalue weighted by Gasteiger charge is 2.65. The van der Waals surface area contributed by atoms with E-state index in [1.54, 1.807) is 36.2 Å². The number of hydrogen-bond acceptors (Lipinski definition) is 8. The van der Waals surface area contributed by atoms with Crippen LogP contribution in [0.4, 0.5) is 11.4 Å². The minimum atomic E-state index is -3.01. The summed E-state index contributed by atoms with van der Waals surface area (Å²) in [6, 6.07) is 14.5. The van der Waals surface area contributed by atoms with Crippen molar-refractivity contribution in [1.82, 2.24) is 4.90 Å². The Bertz CT molecular complexity index is 1400. The van der Waals surface area contributed by atoms with Crippen molar-refractivity contribution in [2.24, 2.45) is 5.92 Å². The first-order valence-electron chi connectivity index (χ1n) is 14.1. The number of β-lactam (4-membered cyclic amide) rings is 1. The van der Waals surface area contributed by atoms with Crippen LogP contribution in [0.25, 0.3) is 0 Å². The maximum absolute atomic E-state index is 13.7. The minimum Gasteiger partial charge on any atom is -0.441 e. The largest absolute Gasteiger partial charge is 0.441 e. The number of ether oxygens (including phenoxy) is 2. The number of rotatable bonds is 9. The quantitative estimate of drug-likeness (QED) is 0.228. The van der Waals surface area contributed by atoms with Gasteiger partial charge in [0.05, 0.1) is 25.6 Å². The van der Waals surface area contributed by atoms with Gasteiger partial charge in [0.2, 0.25) is 11.8 Å². The van der Waals surface area contributed by atoms with Crippen molar-refractivity contribution >= 4 is 43.4 Å². The van der Waals surface area contributed by atoms with Gasteiger partial charge >= 0.3 is 5.97 Å². The summed E-state index contributed by atoms with van der Waals surface area (Å²) in [6.45, 7) is 6.90. The van der Waals surface area contributed by atoms with Crippen molar-refractivity contribution in [2.45, 2.75) is 69.8 Å². The fraction of sp³-hybridized carbons (Fsp3) is 0.467. The Morgan fingerprint density at radius 3 is 2.52 bits per heavy atom. The molecule has 2 saturated heterocycles. The first-order valence-corrected chi connectivity index (χ1v) is 17.2. The van der Waals surface area contributed by atoms with E-state index in [-0.39, 0.29) is 37.8 Å². The Balaban J connectivity index is 1.47. The van der Waals surface area contributed by atoms with Gasteiger partial charge in [-0.3, -0.25) is 24.1 Å². The topological polar surface area (TPSA) is 146 Å². The van der Waals surface area contributed by atoms with Crippen molar-refractivity contribution < 1.29 is 38.6 Å². The number of aliphatic hydroxyl groups excluding tert-OH is 1. The Hall–Kier alpha value is -3.58. The number of hydrogen-bond donors (Lipinski definition) is 3. The minimum absolute atomic E-state index is 0.0653. The van der Waals surface area contributed by atoms with E-state index in [1.807, 2.05) is 37.3 Å². The molecular weight excluding hydrogens is 558 g/mol. The molecule has 42 heavy (non-hydrogen) atoms. The third-order valence-corrected chi connectivity index (χ3v) is 11.0. The SMILES string of the molecule is CC(=O)OC1CC(=O)N1c1ccc2c(c1)[C@]1(O[C@@H](CC(=O)N(CCO)Cc3ccccc3)[C@H]([Si](C)(C)O)[C@H]1C)C(=O)N2. The zero-order chi connectivity index (χ0) is 30.4. The number of carbonyl (C=O) groups is 4. The molecule has 5 rings (SSSR count). The molecule has 3 amide bonds. The summed E-state index contributed by atoms with van der Waals surface area (Å²) >= 11 is 0. The highest BCUT2D eigenvalue weighted by Crippen LogP contribution is 2.58. The summed E-state index contributed by atoms with van der Waals surface area (Å²) in [7, 11) is -3.01. The van der Waals surface area contributed by atoms with Gasteiger partial charge in [0.25, 0.3) is 5.91 Å². The molecule has 1 spiro atoms. The second kappa shape index (κ2) is 11.2. The van der Waals surface area contributed by atoms with Crippen molar-refractivity contribution in [2.75, 3.05) is 23.4 Å². The normalized spacial score (nSPS) is 26.6. The van der Waals surface area contributed by atoms with Gasteiger partial charge in [0, 0.05) is 48.4 Å². The lowest BCUT2D eigenvalue weighted by molar-refractivity contribution is -0.154. The van der Waals surface area contributed by atoms with Crippen LogP contribution in [0.15, 0.2) is 48.5 Å². The molecule has 0 bridgehead atoms. The monoisotopic (exact) mass is 595 g/mol. The molecule has 0 aliphatic carbocycles. The van der Waals surface area contributed by atoms with Crippen LogP contribution in [0, 0.1) is 5.92 Å². The highest BCUT2D eigenvalue weighted by molar-refractivity contribution is 6.71. The van der Waals surface area contributed by atoms with Gasteiger partial charge in [-0.15, -0.1) is 0 Å². The van der Waals surface area contributed by atoms with Crippen molar-refractivity contribution in [1.29, 1.82) is 0 Å². The second-order valence-electron chi connectivity index (χ2n) is 11.8. The number of nitrogens with zero attached hydrogens (tertiary/aromatic N) is 2. The van der Waals surface area contributed by atoms with Crippen LogP contribution in [0.1, 0.15) is 37.8 Å². The molecule has 3 aliphatic rings. The molecular formula is C30H37N3O8Si. The van der Waals surface area contributed by atoms with Gasteiger partial charge in [-0.1, -0.05) is 37.3 Å². The van der Waals surface area contributed by atoms with E-state index in [2.05, 4.69) is 5.32 Å². The Kier molecular flexibility index (Phi) is 8.01. The van der Waals surface area contributed by atoms with Crippen molar-refractivity contribution in [3.8, 4) is 0 Å². The molecule has 5 atom stereocenters. The van der Waals surface area contributed by atoms with Crippen molar-refractivity contribution in [3.63, 3.8) is 0 Å². The average Bonchev–Trinajstić information content (AvgIpc) is 3.36. The average molecular weight is 596 g/mol. The third-order valence-electron chi connectivity index (χ3n) is 8.52. The van der Waals surface area contributed by atoms with Gasteiger partial charge in [0.15, 0.2) is 20.1 Å². The van der Waals surface area contributed by atoms with Gasteiger partial charge in [0.1, 0.15) is 0 Å². The van der Waals surface area contributed by atoms with Crippen LogP contribution in [0.2, 0.25) is 18.6 Å². The van der Waals surface area contributed by atoms with Gasteiger partial charge < -0.3 is 29.6 Å². The molecule has 1 unspecified atom stereocenters. The van der Waals surface area contributed by atoms with Crippen LogP contribution < -0.4 is 10.2 Å². The molecule has 3 heterocycles. The van der Waals surface area contributed by atoms with E-state index in [0.29, 0.717) is 23.5 Å². The molecule has 224 valence electrons. The standard InChI is InChI=1S/C30H37N3O8Si/c1-18-28(42(3,4)39)24(15-25(36)32(12-13-34)17-20-8-6-5-7-9-20)41-30(18)22-14-21(10-11-23(22)31-29(30)38)33-26(37)16-27(33)40-19(2)35/h5-11,14,18,24,27-28,34,39H,12-13,15-17H2,1-4H3,(H,31,38)/t18-,24+,27?,28-,30+/m1/s1. The molecule has 3 N–H and O–H groups in total. The summed E-state index contributed by atoms with van der Waals surface area (Å²) in [4.78, 5) is 65.8. The van der Waals surface area contributed by atoms with E-state index in [4.69, 9.17) is 9.47 Å². The van der Waals surface area contributed by atoms with E-state index >= 15 is 0 Å². The first kappa shape index (κ1) is 29.9. The van der Waals surface area contributed by atoms with Crippen LogP contribution in [-0.2, 0) is 40.8 Å². The molecule has 2 aromatic rings. The van der Waals surface area contributed by atoms with Crippen LogP contribution >= 0.6 is 0 Å². The maximum Gasteiger partial charge on any atom is 0.304 e. The molecule has 12 heteroatoms. The van der Waals surface area contributed by atoms with Crippen LogP contribution in [0.3, 0.4) is 0 Å².